The second kappa shape index (κ2) is 11.7. The number of carbonyl (C=O) groups is 2. The number of carboxylic acids is 1. The van der Waals surface area contributed by atoms with Crippen LogP contribution in [0.3, 0.4) is 0 Å². The van der Waals surface area contributed by atoms with Crippen LogP contribution in [0, 0.1) is 5.92 Å². The molecule has 0 radical (unpaired) electrons. The Morgan fingerprint density at radius 2 is 1.97 bits per heavy atom. The molecular formula is C20H31BN4O5. The molecule has 0 saturated heterocycles. The van der Waals surface area contributed by atoms with Crippen molar-refractivity contribution in [1.82, 2.24) is 9.88 Å². The van der Waals surface area contributed by atoms with E-state index in [2.05, 4.69) is 4.98 Å². The van der Waals surface area contributed by atoms with Crippen molar-refractivity contribution >= 4 is 29.9 Å². The topological polar surface area (TPSA) is 166 Å². The molecule has 0 saturated carbocycles. The van der Waals surface area contributed by atoms with E-state index in [0.717, 1.165) is 16.5 Å². The first-order valence-corrected chi connectivity index (χ1v) is 10.2. The fraction of sp³-hybridized carbons (Fsp3) is 0.500. The number of carboxylic acid groups (broad SMARTS) is 1. The van der Waals surface area contributed by atoms with Crippen molar-refractivity contribution in [3.8, 4) is 0 Å². The number of carbonyl (C=O) groups excluding carboxylic acids is 1. The molecule has 1 aromatic carbocycles. The number of rotatable bonds is 13. The van der Waals surface area contributed by atoms with Gasteiger partial charge in [0, 0.05) is 43.2 Å². The Morgan fingerprint density at radius 1 is 1.23 bits per heavy atom. The van der Waals surface area contributed by atoms with E-state index in [0.29, 0.717) is 19.3 Å². The minimum Gasteiger partial charge on any atom is -0.481 e. The number of H-pyrrole nitrogens is 1. The fourth-order valence-corrected chi connectivity index (χ4v) is 3.71. The molecule has 1 heterocycles. The highest BCUT2D eigenvalue weighted by Gasteiger charge is 2.25. The molecule has 2 atom stereocenters. The third-order valence-corrected chi connectivity index (χ3v) is 5.16. The Balaban J connectivity index is 2.05. The quantitative estimate of drug-likeness (QED) is 0.252. The SMILES string of the molecule is NCCN(CC(CCCB(O)O)CC(=O)O)C(=O)[C@@H](N)Cc1c[nH]c2ccccc12. The summed E-state index contributed by atoms with van der Waals surface area (Å²) in [5.41, 5.74) is 13.8. The summed E-state index contributed by atoms with van der Waals surface area (Å²) in [6, 6.07) is 6.99. The molecule has 1 amide bonds. The highest BCUT2D eigenvalue weighted by molar-refractivity contribution is 6.40. The maximum absolute atomic E-state index is 13.0. The summed E-state index contributed by atoms with van der Waals surface area (Å²) in [6.45, 7) is 0.727. The predicted octanol–water partition coefficient (Wildman–Crippen LogP) is 0.169. The van der Waals surface area contributed by atoms with Crippen molar-refractivity contribution in [3.05, 3.63) is 36.0 Å². The van der Waals surface area contributed by atoms with Gasteiger partial charge in [0.25, 0.3) is 0 Å². The maximum Gasteiger partial charge on any atom is 0.451 e. The monoisotopic (exact) mass is 418 g/mol. The van der Waals surface area contributed by atoms with Crippen LogP contribution in [-0.4, -0.2) is 69.7 Å². The Morgan fingerprint density at radius 3 is 2.63 bits per heavy atom. The van der Waals surface area contributed by atoms with Gasteiger partial charge in [-0.15, -0.1) is 0 Å². The van der Waals surface area contributed by atoms with Crippen LogP contribution < -0.4 is 11.5 Å². The molecule has 9 nitrogen and oxygen atoms in total. The van der Waals surface area contributed by atoms with Crippen LogP contribution in [0.1, 0.15) is 24.8 Å². The molecule has 2 rings (SSSR count). The van der Waals surface area contributed by atoms with E-state index >= 15 is 0 Å². The second-order valence-corrected chi connectivity index (χ2v) is 7.62. The summed E-state index contributed by atoms with van der Waals surface area (Å²) in [5, 5.41) is 28.2. The third kappa shape index (κ3) is 7.14. The van der Waals surface area contributed by atoms with Crippen molar-refractivity contribution < 1.29 is 24.7 Å². The molecule has 2 aromatic rings. The molecule has 0 bridgehead atoms. The first-order valence-electron chi connectivity index (χ1n) is 10.2. The van der Waals surface area contributed by atoms with Gasteiger partial charge in [-0.05, 0) is 36.7 Å². The first-order chi connectivity index (χ1) is 14.3. The lowest BCUT2D eigenvalue weighted by molar-refractivity contribution is -0.140. The minimum atomic E-state index is -1.43. The Kier molecular flexibility index (Phi) is 9.32. The zero-order valence-electron chi connectivity index (χ0n) is 17.0. The molecule has 1 aromatic heterocycles. The molecule has 0 aliphatic carbocycles. The van der Waals surface area contributed by atoms with Crippen LogP contribution in [0.5, 0.6) is 0 Å². The fourth-order valence-electron chi connectivity index (χ4n) is 3.71. The summed E-state index contributed by atoms with van der Waals surface area (Å²) in [5.74, 6) is -1.56. The summed E-state index contributed by atoms with van der Waals surface area (Å²) in [6.07, 6.45) is 3.13. The van der Waals surface area contributed by atoms with Gasteiger partial charge in [0.1, 0.15) is 0 Å². The van der Waals surface area contributed by atoms with Gasteiger partial charge < -0.3 is 36.5 Å². The number of nitrogens with one attached hydrogen (secondary N) is 1. The third-order valence-electron chi connectivity index (χ3n) is 5.16. The standard InChI is InChI=1S/C20H31BN4O5/c22-8-9-25(13-14(10-19(26)27)4-3-7-21(29)30)20(28)17(23)11-15-12-24-18-6-2-1-5-16(15)18/h1-2,5-6,12,14,17,24,29-30H,3-4,7-11,13,22-23H2,(H,26,27)/t14?,17-/m0/s1. The van der Waals surface area contributed by atoms with Gasteiger partial charge in [-0.2, -0.15) is 0 Å². The number of aromatic amines is 1. The number of fused-ring (bicyclic) bond motifs is 1. The smallest absolute Gasteiger partial charge is 0.451 e. The van der Waals surface area contributed by atoms with Crippen molar-refractivity contribution in [2.75, 3.05) is 19.6 Å². The molecule has 0 aliphatic heterocycles. The van der Waals surface area contributed by atoms with Crippen molar-refractivity contribution in [2.24, 2.45) is 17.4 Å². The minimum absolute atomic E-state index is 0.117. The van der Waals surface area contributed by atoms with Gasteiger partial charge in [-0.25, -0.2) is 0 Å². The van der Waals surface area contributed by atoms with Gasteiger partial charge in [0.05, 0.1) is 6.04 Å². The number of aliphatic carboxylic acids is 1. The highest BCUT2D eigenvalue weighted by atomic mass is 16.4. The first kappa shape index (κ1) is 23.9. The molecule has 0 fully saturated rings. The lowest BCUT2D eigenvalue weighted by Gasteiger charge is -2.29. The van der Waals surface area contributed by atoms with Gasteiger partial charge in [0.15, 0.2) is 0 Å². The molecular weight excluding hydrogens is 387 g/mol. The average molecular weight is 418 g/mol. The van der Waals surface area contributed by atoms with Crippen LogP contribution in [0.4, 0.5) is 0 Å². The summed E-state index contributed by atoms with van der Waals surface area (Å²) in [7, 11) is -1.43. The molecule has 1 unspecified atom stereocenters. The molecule has 30 heavy (non-hydrogen) atoms. The average Bonchev–Trinajstić information content (AvgIpc) is 3.09. The number of hydrogen-bond donors (Lipinski definition) is 6. The largest absolute Gasteiger partial charge is 0.481 e. The number of amides is 1. The molecule has 8 N–H and O–H groups in total. The number of hydrogen-bond acceptors (Lipinski definition) is 6. The van der Waals surface area contributed by atoms with Gasteiger partial charge in [-0.3, -0.25) is 9.59 Å². The van der Waals surface area contributed by atoms with Crippen LogP contribution in [0.25, 0.3) is 10.9 Å². The number of benzene rings is 1. The van der Waals surface area contributed by atoms with Gasteiger partial charge >= 0.3 is 13.1 Å². The summed E-state index contributed by atoms with van der Waals surface area (Å²) >= 11 is 0. The zero-order valence-corrected chi connectivity index (χ0v) is 17.0. The Bertz CT molecular complexity index is 828. The zero-order chi connectivity index (χ0) is 22.1. The van der Waals surface area contributed by atoms with Crippen molar-refractivity contribution in [3.63, 3.8) is 0 Å². The predicted molar refractivity (Wildman–Crippen MR) is 116 cm³/mol. The molecule has 0 aliphatic rings. The van der Waals surface area contributed by atoms with Crippen LogP contribution >= 0.6 is 0 Å². The van der Waals surface area contributed by atoms with E-state index in [9.17, 15) is 14.7 Å². The van der Waals surface area contributed by atoms with E-state index < -0.39 is 19.1 Å². The van der Waals surface area contributed by atoms with E-state index in [1.165, 1.54) is 4.90 Å². The lowest BCUT2D eigenvalue weighted by Crippen LogP contribution is -2.48. The molecule has 0 spiro atoms. The van der Waals surface area contributed by atoms with Crippen molar-refractivity contribution in [2.45, 2.75) is 38.0 Å². The van der Waals surface area contributed by atoms with Crippen LogP contribution in [-0.2, 0) is 16.0 Å². The van der Waals surface area contributed by atoms with Gasteiger partial charge in [-0.1, -0.05) is 24.6 Å². The summed E-state index contributed by atoms with van der Waals surface area (Å²) < 4.78 is 0. The lowest BCUT2D eigenvalue weighted by atomic mass is 9.81. The molecule has 164 valence electrons. The highest BCUT2D eigenvalue weighted by Crippen LogP contribution is 2.20. The normalized spacial score (nSPS) is 13.2. The summed E-state index contributed by atoms with van der Waals surface area (Å²) in [4.78, 5) is 28.9. The molecule has 10 heteroatoms. The van der Waals surface area contributed by atoms with E-state index in [1.54, 1.807) is 0 Å². The Hall–Kier alpha value is -2.40. The van der Waals surface area contributed by atoms with Crippen molar-refractivity contribution in [1.29, 1.82) is 0 Å². The van der Waals surface area contributed by atoms with Crippen LogP contribution in [0.2, 0.25) is 6.32 Å². The number of nitrogens with zero attached hydrogens (tertiary/aromatic N) is 1. The number of para-hydroxylation sites is 1. The Labute approximate surface area is 176 Å². The second-order valence-electron chi connectivity index (χ2n) is 7.62. The maximum atomic E-state index is 13.0. The van der Waals surface area contributed by atoms with E-state index in [1.807, 2.05) is 30.5 Å². The van der Waals surface area contributed by atoms with E-state index in [4.69, 9.17) is 21.5 Å². The number of aromatic nitrogens is 1. The van der Waals surface area contributed by atoms with Gasteiger partial charge in [0.2, 0.25) is 5.91 Å². The van der Waals surface area contributed by atoms with Crippen LogP contribution in [0.15, 0.2) is 30.5 Å². The number of nitrogens with two attached hydrogens (primary N) is 2. The van der Waals surface area contributed by atoms with E-state index in [-0.39, 0.29) is 44.2 Å².